The van der Waals surface area contributed by atoms with Crippen LogP contribution in [0.2, 0.25) is 0 Å². The molecule has 19 heavy (non-hydrogen) atoms. The molecule has 1 amide bonds. The fourth-order valence-electron chi connectivity index (χ4n) is 4.78. The normalized spacial score (nSPS) is 44.4. The zero-order chi connectivity index (χ0) is 13.9. The van der Waals surface area contributed by atoms with Crippen LogP contribution in [-0.2, 0) is 4.79 Å². The minimum atomic E-state index is -4.33. The number of alkyl halides is 4. The van der Waals surface area contributed by atoms with Crippen LogP contribution in [0, 0.1) is 17.3 Å². The smallest absolute Gasteiger partial charge is 0.347 e. The molecule has 4 aliphatic carbocycles. The summed E-state index contributed by atoms with van der Waals surface area (Å²) in [6, 6.07) is 0. The van der Waals surface area contributed by atoms with Gasteiger partial charge >= 0.3 is 6.18 Å². The standard InChI is InChI=1S/C13H17BrF3NO/c14-12-4-8-1-9(5-12)3-11(2-8,6-12)10(19)18-7-13(15,16)17/h8-9H,1-7H2,(H,18,19). The summed E-state index contributed by atoms with van der Waals surface area (Å²) in [6.07, 6.45) is 1.17. The Labute approximate surface area is 118 Å². The number of hydrogen-bond donors (Lipinski definition) is 1. The summed E-state index contributed by atoms with van der Waals surface area (Å²) in [5.41, 5.74) is -0.557. The van der Waals surface area contributed by atoms with Crippen LogP contribution >= 0.6 is 15.9 Å². The second kappa shape index (κ2) is 4.12. The molecule has 4 saturated carbocycles. The van der Waals surface area contributed by atoms with Crippen molar-refractivity contribution in [2.75, 3.05) is 6.54 Å². The van der Waals surface area contributed by atoms with Crippen LogP contribution in [0.5, 0.6) is 0 Å². The molecule has 0 spiro atoms. The first-order valence-corrected chi connectivity index (χ1v) is 7.53. The van der Waals surface area contributed by atoms with Crippen LogP contribution in [0.3, 0.4) is 0 Å². The Bertz CT molecular complexity index is 395. The minimum absolute atomic E-state index is 0.00729. The molecule has 0 aromatic heterocycles. The lowest BCUT2D eigenvalue weighted by atomic mass is 9.49. The van der Waals surface area contributed by atoms with Gasteiger partial charge in [-0.15, -0.1) is 0 Å². The minimum Gasteiger partial charge on any atom is -0.347 e. The van der Waals surface area contributed by atoms with E-state index in [1.807, 2.05) is 0 Å². The molecular weight excluding hydrogens is 323 g/mol. The van der Waals surface area contributed by atoms with Crippen molar-refractivity contribution in [1.29, 1.82) is 0 Å². The van der Waals surface area contributed by atoms with Crippen molar-refractivity contribution in [2.45, 2.75) is 49.0 Å². The van der Waals surface area contributed by atoms with Crippen molar-refractivity contribution < 1.29 is 18.0 Å². The molecular formula is C13H17BrF3NO. The second-order valence-corrected chi connectivity index (χ2v) is 8.37. The quantitative estimate of drug-likeness (QED) is 0.767. The number of carbonyl (C=O) groups excluding carboxylic acids is 1. The highest BCUT2D eigenvalue weighted by Crippen LogP contribution is 2.64. The topological polar surface area (TPSA) is 29.1 Å². The van der Waals surface area contributed by atoms with Crippen LogP contribution in [0.4, 0.5) is 13.2 Å². The Hall–Kier alpha value is -0.260. The average molecular weight is 340 g/mol. The predicted molar refractivity (Wildman–Crippen MR) is 67.8 cm³/mol. The molecule has 4 bridgehead atoms. The summed E-state index contributed by atoms with van der Waals surface area (Å²) in [7, 11) is 0. The molecule has 2 atom stereocenters. The van der Waals surface area contributed by atoms with Gasteiger partial charge in [0.25, 0.3) is 0 Å². The van der Waals surface area contributed by atoms with E-state index in [0.717, 1.165) is 32.1 Å². The Balaban J connectivity index is 1.74. The molecule has 2 nitrogen and oxygen atoms in total. The van der Waals surface area contributed by atoms with E-state index < -0.39 is 18.1 Å². The zero-order valence-electron chi connectivity index (χ0n) is 10.5. The van der Waals surface area contributed by atoms with E-state index in [1.54, 1.807) is 0 Å². The lowest BCUT2D eigenvalue weighted by molar-refractivity contribution is -0.154. The molecule has 0 aromatic carbocycles. The highest BCUT2D eigenvalue weighted by atomic mass is 79.9. The van der Waals surface area contributed by atoms with Crippen LogP contribution in [0.25, 0.3) is 0 Å². The number of amides is 1. The highest BCUT2D eigenvalue weighted by molar-refractivity contribution is 9.10. The van der Waals surface area contributed by atoms with Crippen molar-refractivity contribution in [1.82, 2.24) is 5.32 Å². The molecule has 1 N–H and O–H groups in total. The van der Waals surface area contributed by atoms with E-state index in [-0.39, 0.29) is 10.2 Å². The summed E-state index contributed by atoms with van der Waals surface area (Å²) in [6.45, 7) is -1.21. The summed E-state index contributed by atoms with van der Waals surface area (Å²) < 4.78 is 36.7. The first kappa shape index (κ1) is 13.7. The van der Waals surface area contributed by atoms with Gasteiger partial charge in [-0.05, 0) is 50.4 Å². The largest absolute Gasteiger partial charge is 0.405 e. The Morgan fingerprint density at radius 1 is 1.21 bits per heavy atom. The molecule has 0 aliphatic heterocycles. The van der Waals surface area contributed by atoms with E-state index in [2.05, 4.69) is 21.2 Å². The van der Waals surface area contributed by atoms with Gasteiger partial charge in [0.15, 0.2) is 0 Å². The van der Waals surface area contributed by atoms with Gasteiger partial charge in [0.2, 0.25) is 5.91 Å². The third kappa shape index (κ3) is 2.52. The van der Waals surface area contributed by atoms with Crippen LogP contribution < -0.4 is 5.32 Å². The second-order valence-electron chi connectivity index (χ2n) is 6.69. The average Bonchev–Trinajstić information content (AvgIpc) is 2.21. The first-order chi connectivity index (χ1) is 8.70. The predicted octanol–water partition coefficient (Wildman–Crippen LogP) is 3.40. The number of rotatable bonds is 2. The molecule has 0 heterocycles. The maximum atomic E-state index is 12.3. The van der Waals surface area contributed by atoms with Crippen molar-refractivity contribution >= 4 is 21.8 Å². The van der Waals surface area contributed by atoms with Crippen LogP contribution in [0.15, 0.2) is 0 Å². The van der Waals surface area contributed by atoms with Crippen molar-refractivity contribution in [3.05, 3.63) is 0 Å². The lowest BCUT2D eigenvalue weighted by Crippen LogP contribution is -2.58. The van der Waals surface area contributed by atoms with Crippen LogP contribution in [0.1, 0.15) is 38.5 Å². The SMILES string of the molecule is O=C(NCC(F)(F)F)C12CC3CC(CC(Br)(C3)C1)C2. The molecule has 4 fully saturated rings. The monoisotopic (exact) mass is 339 g/mol. The summed E-state index contributed by atoms with van der Waals surface area (Å²) in [4.78, 5) is 12.3. The molecule has 0 saturated heterocycles. The molecule has 0 radical (unpaired) electrons. The van der Waals surface area contributed by atoms with Crippen molar-refractivity contribution in [2.24, 2.45) is 17.3 Å². The van der Waals surface area contributed by atoms with Crippen molar-refractivity contribution in [3.8, 4) is 0 Å². The summed E-state index contributed by atoms with van der Waals surface area (Å²) >= 11 is 3.75. The maximum Gasteiger partial charge on any atom is 0.405 e. The molecule has 4 rings (SSSR count). The van der Waals surface area contributed by atoms with E-state index in [1.165, 1.54) is 0 Å². The summed E-state index contributed by atoms with van der Waals surface area (Å²) in [5.74, 6) is 0.609. The number of hydrogen-bond acceptors (Lipinski definition) is 1. The lowest BCUT2D eigenvalue weighted by Gasteiger charge is -2.59. The van der Waals surface area contributed by atoms with Crippen molar-refractivity contribution in [3.63, 3.8) is 0 Å². The van der Waals surface area contributed by atoms with E-state index in [0.29, 0.717) is 18.3 Å². The Morgan fingerprint density at radius 2 is 1.79 bits per heavy atom. The van der Waals surface area contributed by atoms with Gasteiger partial charge in [0.05, 0.1) is 5.41 Å². The molecule has 2 unspecified atom stereocenters. The van der Waals surface area contributed by atoms with E-state index in [9.17, 15) is 18.0 Å². The highest BCUT2D eigenvalue weighted by Gasteiger charge is 2.59. The molecule has 4 aliphatic rings. The molecule has 6 heteroatoms. The summed E-state index contributed by atoms with van der Waals surface area (Å²) in [5, 5.41) is 2.11. The number of halogens is 4. The molecule has 0 aromatic rings. The maximum absolute atomic E-state index is 12.3. The van der Waals surface area contributed by atoms with Crippen LogP contribution in [-0.4, -0.2) is 23.0 Å². The van der Waals surface area contributed by atoms with Gasteiger partial charge in [-0.1, -0.05) is 15.9 Å². The van der Waals surface area contributed by atoms with Gasteiger partial charge in [-0.25, -0.2) is 0 Å². The zero-order valence-corrected chi connectivity index (χ0v) is 12.1. The van der Waals surface area contributed by atoms with E-state index >= 15 is 0 Å². The Kier molecular flexibility index (Phi) is 2.97. The third-order valence-electron chi connectivity index (χ3n) is 4.92. The number of nitrogens with one attached hydrogen (secondary N) is 1. The van der Waals surface area contributed by atoms with Gasteiger partial charge in [-0.2, -0.15) is 13.2 Å². The number of carbonyl (C=O) groups is 1. The van der Waals surface area contributed by atoms with Gasteiger partial charge in [0, 0.05) is 4.32 Å². The molecule has 108 valence electrons. The van der Waals surface area contributed by atoms with Gasteiger partial charge < -0.3 is 5.32 Å². The van der Waals surface area contributed by atoms with Gasteiger partial charge in [-0.3, -0.25) is 4.79 Å². The first-order valence-electron chi connectivity index (χ1n) is 6.74. The Morgan fingerprint density at radius 3 is 2.26 bits per heavy atom. The third-order valence-corrected chi connectivity index (χ3v) is 5.85. The van der Waals surface area contributed by atoms with Gasteiger partial charge in [0.1, 0.15) is 6.54 Å². The van der Waals surface area contributed by atoms with E-state index in [4.69, 9.17) is 0 Å². The fourth-order valence-corrected chi connectivity index (χ4v) is 6.24. The fraction of sp³-hybridized carbons (Fsp3) is 0.923.